The molecule has 0 aliphatic carbocycles. The molecule has 0 spiro atoms. The second-order valence-electron chi connectivity index (χ2n) is 4.70. The Morgan fingerprint density at radius 1 is 1.69 bits per heavy atom. The van der Waals surface area contributed by atoms with Gasteiger partial charge in [-0.3, -0.25) is 4.90 Å². The fourth-order valence-electron chi connectivity index (χ4n) is 2.06. The molecular formula is C11H19N3OS. The van der Waals surface area contributed by atoms with Crippen LogP contribution in [-0.2, 0) is 11.3 Å². The molecule has 0 bridgehead atoms. The van der Waals surface area contributed by atoms with Crippen LogP contribution in [0.2, 0.25) is 0 Å². The van der Waals surface area contributed by atoms with Gasteiger partial charge in [0.1, 0.15) is 0 Å². The number of aromatic nitrogens is 1. The molecule has 1 aliphatic heterocycles. The van der Waals surface area contributed by atoms with Gasteiger partial charge in [0, 0.05) is 24.6 Å². The van der Waals surface area contributed by atoms with Crippen molar-refractivity contribution in [1.82, 2.24) is 9.88 Å². The summed E-state index contributed by atoms with van der Waals surface area (Å²) in [4.78, 5) is 7.84. The third-order valence-electron chi connectivity index (χ3n) is 2.98. The minimum atomic E-state index is -0.159. The molecule has 0 aromatic carbocycles. The van der Waals surface area contributed by atoms with E-state index in [0.717, 1.165) is 31.8 Å². The van der Waals surface area contributed by atoms with Gasteiger partial charge in [-0.15, -0.1) is 11.3 Å². The number of hydrogen-bond acceptors (Lipinski definition) is 5. The lowest BCUT2D eigenvalue weighted by Crippen LogP contribution is -2.49. The molecule has 1 unspecified atom stereocenters. The van der Waals surface area contributed by atoms with E-state index in [-0.39, 0.29) is 5.54 Å². The molecule has 1 aliphatic rings. The van der Waals surface area contributed by atoms with Crippen molar-refractivity contribution in [2.75, 3.05) is 26.8 Å². The van der Waals surface area contributed by atoms with E-state index in [2.05, 4.69) is 23.9 Å². The van der Waals surface area contributed by atoms with Crippen LogP contribution in [0.25, 0.3) is 0 Å². The Morgan fingerprint density at radius 3 is 3.06 bits per heavy atom. The number of thiazole rings is 1. The van der Waals surface area contributed by atoms with Gasteiger partial charge < -0.3 is 10.5 Å². The second kappa shape index (κ2) is 4.79. The van der Waals surface area contributed by atoms with Gasteiger partial charge in [0.05, 0.1) is 23.4 Å². The zero-order valence-corrected chi connectivity index (χ0v) is 10.7. The highest BCUT2D eigenvalue weighted by atomic mass is 32.1. The third-order valence-corrected chi connectivity index (χ3v) is 3.90. The number of rotatable bonds is 4. The molecular weight excluding hydrogens is 222 g/mol. The molecule has 16 heavy (non-hydrogen) atoms. The van der Waals surface area contributed by atoms with Gasteiger partial charge in [0.15, 0.2) is 0 Å². The number of likely N-dealkylation sites (N-methyl/N-ethyl adjacent to an activating group) is 1. The standard InChI is InChI=1S/C11H19N3OS/c1-9-10(16-8-13-9)5-14(2)6-11(12)3-4-15-7-11/h8H,3-7,12H2,1-2H3. The number of nitrogens with two attached hydrogens (primary N) is 1. The topological polar surface area (TPSA) is 51.4 Å². The molecule has 2 rings (SSSR count). The summed E-state index contributed by atoms with van der Waals surface area (Å²) in [6.07, 6.45) is 0.957. The van der Waals surface area contributed by atoms with Gasteiger partial charge in [-0.1, -0.05) is 0 Å². The van der Waals surface area contributed by atoms with Crippen LogP contribution in [0.5, 0.6) is 0 Å². The van der Waals surface area contributed by atoms with Gasteiger partial charge in [-0.25, -0.2) is 4.98 Å². The molecule has 1 fully saturated rings. The average molecular weight is 241 g/mol. The summed E-state index contributed by atoms with van der Waals surface area (Å²) >= 11 is 1.71. The number of nitrogens with zero attached hydrogens (tertiary/aromatic N) is 2. The Kier molecular flexibility index (Phi) is 3.59. The summed E-state index contributed by atoms with van der Waals surface area (Å²) in [6.45, 7) is 5.33. The van der Waals surface area contributed by atoms with Crippen LogP contribution in [0.15, 0.2) is 5.51 Å². The van der Waals surface area contributed by atoms with Crippen molar-refractivity contribution >= 4 is 11.3 Å². The summed E-state index contributed by atoms with van der Waals surface area (Å²) in [6, 6.07) is 0. The SMILES string of the molecule is Cc1ncsc1CN(C)CC1(N)CCOC1. The molecule has 0 radical (unpaired) electrons. The van der Waals surface area contributed by atoms with E-state index < -0.39 is 0 Å². The van der Waals surface area contributed by atoms with Gasteiger partial charge in [-0.2, -0.15) is 0 Å². The summed E-state index contributed by atoms with van der Waals surface area (Å²) in [5, 5.41) is 0. The lowest BCUT2D eigenvalue weighted by molar-refractivity contribution is 0.160. The van der Waals surface area contributed by atoms with Crippen LogP contribution < -0.4 is 5.73 Å². The Morgan fingerprint density at radius 2 is 2.50 bits per heavy atom. The van der Waals surface area contributed by atoms with Crippen LogP contribution in [0.4, 0.5) is 0 Å². The molecule has 4 nitrogen and oxygen atoms in total. The van der Waals surface area contributed by atoms with Gasteiger partial charge >= 0.3 is 0 Å². The first-order chi connectivity index (χ1) is 7.59. The van der Waals surface area contributed by atoms with Crippen molar-refractivity contribution in [3.05, 3.63) is 16.1 Å². The number of aryl methyl sites for hydroxylation is 1. The van der Waals surface area contributed by atoms with Gasteiger partial charge in [0.2, 0.25) is 0 Å². The minimum absolute atomic E-state index is 0.159. The fraction of sp³-hybridized carbons (Fsp3) is 0.727. The maximum Gasteiger partial charge on any atom is 0.0798 e. The average Bonchev–Trinajstić information content (AvgIpc) is 2.77. The van der Waals surface area contributed by atoms with Crippen molar-refractivity contribution in [1.29, 1.82) is 0 Å². The Labute approximate surface area is 100 Å². The summed E-state index contributed by atoms with van der Waals surface area (Å²) in [5.41, 5.74) is 9.12. The highest BCUT2D eigenvalue weighted by Crippen LogP contribution is 2.19. The fourth-order valence-corrected chi connectivity index (χ4v) is 2.92. The summed E-state index contributed by atoms with van der Waals surface area (Å²) in [5.74, 6) is 0. The predicted molar refractivity (Wildman–Crippen MR) is 65.5 cm³/mol. The third kappa shape index (κ3) is 2.79. The number of hydrogen-bond donors (Lipinski definition) is 1. The maximum atomic E-state index is 6.25. The first kappa shape index (κ1) is 12.0. The molecule has 1 saturated heterocycles. The Balaban J connectivity index is 1.89. The van der Waals surface area contributed by atoms with E-state index in [4.69, 9.17) is 10.5 Å². The van der Waals surface area contributed by atoms with Crippen molar-refractivity contribution in [2.45, 2.75) is 25.4 Å². The number of ether oxygens (including phenoxy) is 1. The van der Waals surface area contributed by atoms with Crippen LogP contribution in [-0.4, -0.2) is 42.2 Å². The molecule has 0 amide bonds. The van der Waals surface area contributed by atoms with E-state index in [1.165, 1.54) is 4.88 Å². The summed E-state index contributed by atoms with van der Waals surface area (Å²) in [7, 11) is 2.10. The first-order valence-corrected chi connectivity index (χ1v) is 6.41. The van der Waals surface area contributed by atoms with Crippen molar-refractivity contribution in [3.63, 3.8) is 0 Å². The lowest BCUT2D eigenvalue weighted by atomic mass is 10.00. The van der Waals surface area contributed by atoms with E-state index in [9.17, 15) is 0 Å². The predicted octanol–water partition coefficient (Wildman–Crippen LogP) is 1.00. The van der Waals surface area contributed by atoms with E-state index >= 15 is 0 Å². The summed E-state index contributed by atoms with van der Waals surface area (Å²) < 4.78 is 5.36. The monoisotopic (exact) mass is 241 g/mol. The van der Waals surface area contributed by atoms with E-state index in [1.807, 2.05) is 5.51 Å². The largest absolute Gasteiger partial charge is 0.379 e. The van der Waals surface area contributed by atoms with Gasteiger partial charge in [0.25, 0.3) is 0 Å². The molecule has 1 atom stereocenters. The highest BCUT2D eigenvalue weighted by Gasteiger charge is 2.31. The Bertz CT molecular complexity index is 347. The van der Waals surface area contributed by atoms with Crippen LogP contribution in [0.3, 0.4) is 0 Å². The maximum absolute atomic E-state index is 6.25. The molecule has 0 saturated carbocycles. The van der Waals surface area contributed by atoms with E-state index in [0.29, 0.717) is 6.61 Å². The van der Waals surface area contributed by atoms with Gasteiger partial charge in [-0.05, 0) is 20.4 Å². The normalized spacial score (nSPS) is 25.5. The zero-order valence-electron chi connectivity index (χ0n) is 9.90. The molecule has 90 valence electrons. The Hall–Kier alpha value is -0.490. The zero-order chi connectivity index (χ0) is 11.6. The van der Waals surface area contributed by atoms with E-state index in [1.54, 1.807) is 11.3 Å². The second-order valence-corrected chi connectivity index (χ2v) is 5.64. The lowest BCUT2D eigenvalue weighted by Gasteiger charge is -2.28. The van der Waals surface area contributed by atoms with Crippen molar-refractivity contribution in [2.24, 2.45) is 5.73 Å². The molecule has 2 heterocycles. The van der Waals surface area contributed by atoms with Crippen LogP contribution in [0, 0.1) is 6.92 Å². The van der Waals surface area contributed by atoms with Crippen molar-refractivity contribution in [3.8, 4) is 0 Å². The first-order valence-electron chi connectivity index (χ1n) is 5.53. The quantitative estimate of drug-likeness (QED) is 0.854. The molecule has 1 aromatic rings. The minimum Gasteiger partial charge on any atom is -0.379 e. The molecule has 2 N–H and O–H groups in total. The highest BCUT2D eigenvalue weighted by molar-refractivity contribution is 7.09. The van der Waals surface area contributed by atoms with Crippen molar-refractivity contribution < 1.29 is 4.74 Å². The molecule has 5 heteroatoms. The van der Waals surface area contributed by atoms with Crippen LogP contribution in [0.1, 0.15) is 17.0 Å². The smallest absolute Gasteiger partial charge is 0.0798 e. The molecule has 1 aromatic heterocycles. The van der Waals surface area contributed by atoms with Crippen LogP contribution >= 0.6 is 11.3 Å².